The number of halogens is 3. The molecule has 0 aromatic heterocycles. The van der Waals surface area contributed by atoms with Gasteiger partial charge in [0.1, 0.15) is 5.82 Å². The standard InChI is InChI=1S/C13H17F3N2/c14-10-3-1-2-4-11(10)18-7-5-13(9-17,6-8-18)12(15)16/h1-4,12H,5-9,17H2. The van der Waals surface area contributed by atoms with E-state index in [2.05, 4.69) is 0 Å². The fourth-order valence-corrected chi connectivity index (χ4v) is 2.41. The van der Waals surface area contributed by atoms with Crippen LogP contribution in [0, 0.1) is 11.2 Å². The van der Waals surface area contributed by atoms with E-state index >= 15 is 0 Å². The van der Waals surface area contributed by atoms with Gasteiger partial charge in [-0.15, -0.1) is 0 Å². The lowest BCUT2D eigenvalue weighted by atomic mass is 9.78. The number of anilines is 1. The number of nitrogens with zero attached hydrogens (tertiary/aromatic N) is 1. The van der Waals surface area contributed by atoms with Gasteiger partial charge in [-0.25, -0.2) is 13.2 Å². The van der Waals surface area contributed by atoms with Crippen molar-refractivity contribution in [1.29, 1.82) is 0 Å². The molecule has 1 aliphatic heterocycles. The molecule has 0 aliphatic carbocycles. The van der Waals surface area contributed by atoms with Gasteiger partial charge in [0, 0.05) is 25.0 Å². The number of alkyl halides is 2. The topological polar surface area (TPSA) is 29.3 Å². The first-order valence-electron chi connectivity index (χ1n) is 6.07. The molecule has 0 spiro atoms. The third-order valence-electron chi connectivity index (χ3n) is 3.82. The van der Waals surface area contributed by atoms with Gasteiger partial charge in [0.05, 0.1) is 5.69 Å². The van der Waals surface area contributed by atoms with E-state index in [0.29, 0.717) is 31.6 Å². The van der Waals surface area contributed by atoms with E-state index < -0.39 is 11.8 Å². The maximum atomic E-state index is 13.6. The van der Waals surface area contributed by atoms with Crippen molar-refractivity contribution in [2.24, 2.45) is 11.1 Å². The van der Waals surface area contributed by atoms with Gasteiger partial charge in [-0.3, -0.25) is 0 Å². The summed E-state index contributed by atoms with van der Waals surface area (Å²) >= 11 is 0. The van der Waals surface area contributed by atoms with Gasteiger partial charge < -0.3 is 10.6 Å². The van der Waals surface area contributed by atoms with Gasteiger partial charge in [0.15, 0.2) is 0 Å². The van der Waals surface area contributed by atoms with Crippen molar-refractivity contribution < 1.29 is 13.2 Å². The number of para-hydroxylation sites is 1. The smallest absolute Gasteiger partial charge is 0.245 e. The van der Waals surface area contributed by atoms with Crippen LogP contribution >= 0.6 is 0 Å². The van der Waals surface area contributed by atoms with Crippen molar-refractivity contribution in [3.8, 4) is 0 Å². The summed E-state index contributed by atoms with van der Waals surface area (Å²) in [6, 6.07) is 6.42. The van der Waals surface area contributed by atoms with Crippen LogP contribution in [-0.2, 0) is 0 Å². The molecule has 0 radical (unpaired) electrons. The number of piperidine rings is 1. The zero-order chi connectivity index (χ0) is 13.2. The highest BCUT2D eigenvalue weighted by Crippen LogP contribution is 2.38. The van der Waals surface area contributed by atoms with Crippen molar-refractivity contribution in [3.63, 3.8) is 0 Å². The van der Waals surface area contributed by atoms with Crippen molar-refractivity contribution in [2.75, 3.05) is 24.5 Å². The molecule has 0 atom stereocenters. The van der Waals surface area contributed by atoms with Gasteiger partial charge in [0.2, 0.25) is 6.43 Å². The van der Waals surface area contributed by atoms with E-state index in [1.165, 1.54) is 6.07 Å². The third-order valence-corrected chi connectivity index (χ3v) is 3.82. The van der Waals surface area contributed by atoms with Crippen molar-refractivity contribution >= 4 is 5.69 Å². The van der Waals surface area contributed by atoms with E-state index in [1.54, 1.807) is 18.2 Å². The molecular weight excluding hydrogens is 241 g/mol. The molecule has 1 heterocycles. The van der Waals surface area contributed by atoms with Crippen LogP contribution < -0.4 is 10.6 Å². The predicted octanol–water partition coefficient (Wildman–Crippen LogP) is 2.64. The largest absolute Gasteiger partial charge is 0.369 e. The Kier molecular flexibility index (Phi) is 3.80. The third kappa shape index (κ3) is 2.32. The maximum Gasteiger partial charge on any atom is 0.245 e. The van der Waals surface area contributed by atoms with Crippen LogP contribution in [0.2, 0.25) is 0 Å². The summed E-state index contributed by atoms with van der Waals surface area (Å²) in [5.41, 5.74) is 4.87. The highest BCUT2D eigenvalue weighted by Gasteiger charge is 2.41. The fraction of sp³-hybridized carbons (Fsp3) is 0.538. The van der Waals surface area contributed by atoms with Gasteiger partial charge in [-0.1, -0.05) is 12.1 Å². The number of hydrogen-bond acceptors (Lipinski definition) is 2. The first-order chi connectivity index (χ1) is 8.59. The molecule has 1 fully saturated rings. The van der Waals surface area contributed by atoms with E-state index in [1.807, 2.05) is 4.90 Å². The SMILES string of the molecule is NCC1(C(F)F)CCN(c2ccccc2F)CC1. The second kappa shape index (κ2) is 5.18. The molecule has 1 saturated heterocycles. The average molecular weight is 258 g/mol. The van der Waals surface area contributed by atoms with Crippen LogP contribution in [0.25, 0.3) is 0 Å². The molecule has 18 heavy (non-hydrogen) atoms. The molecule has 5 heteroatoms. The van der Waals surface area contributed by atoms with Crippen LogP contribution in [0.15, 0.2) is 24.3 Å². The minimum absolute atomic E-state index is 0.0181. The Bertz CT molecular complexity index is 401. The Morgan fingerprint density at radius 2 is 1.83 bits per heavy atom. The molecule has 100 valence electrons. The zero-order valence-corrected chi connectivity index (χ0v) is 10.1. The normalized spacial score (nSPS) is 19.3. The minimum atomic E-state index is -2.41. The van der Waals surface area contributed by atoms with E-state index in [0.717, 1.165) is 0 Å². The summed E-state index contributed by atoms with van der Waals surface area (Å²) in [5.74, 6) is -0.310. The highest BCUT2D eigenvalue weighted by atomic mass is 19.3. The predicted molar refractivity (Wildman–Crippen MR) is 65.3 cm³/mol. The molecule has 1 aliphatic rings. The lowest BCUT2D eigenvalue weighted by molar-refractivity contribution is -0.0160. The van der Waals surface area contributed by atoms with Gasteiger partial charge in [-0.2, -0.15) is 0 Å². The fourth-order valence-electron chi connectivity index (χ4n) is 2.41. The molecule has 0 bridgehead atoms. The number of rotatable bonds is 3. The summed E-state index contributed by atoms with van der Waals surface area (Å²) in [7, 11) is 0. The molecule has 2 rings (SSSR count). The first-order valence-corrected chi connectivity index (χ1v) is 6.07. The highest BCUT2D eigenvalue weighted by molar-refractivity contribution is 5.48. The summed E-state index contributed by atoms with van der Waals surface area (Å²) in [5, 5.41) is 0. The molecule has 0 saturated carbocycles. The quantitative estimate of drug-likeness (QED) is 0.903. The Morgan fingerprint density at radius 3 is 2.33 bits per heavy atom. The van der Waals surface area contributed by atoms with Gasteiger partial charge in [-0.05, 0) is 25.0 Å². The monoisotopic (exact) mass is 258 g/mol. The van der Waals surface area contributed by atoms with Crippen LogP contribution in [0.5, 0.6) is 0 Å². The number of benzene rings is 1. The number of hydrogen-bond donors (Lipinski definition) is 1. The van der Waals surface area contributed by atoms with E-state index in [-0.39, 0.29) is 12.4 Å². The van der Waals surface area contributed by atoms with E-state index in [4.69, 9.17) is 5.73 Å². The Labute approximate surface area is 105 Å². The summed E-state index contributed by atoms with van der Waals surface area (Å²) in [6.07, 6.45) is -1.81. The summed E-state index contributed by atoms with van der Waals surface area (Å²) < 4.78 is 39.6. The lowest BCUT2D eigenvalue weighted by Gasteiger charge is -2.41. The zero-order valence-electron chi connectivity index (χ0n) is 10.1. The van der Waals surface area contributed by atoms with Crippen LogP contribution in [0.3, 0.4) is 0 Å². The molecule has 0 unspecified atom stereocenters. The first kappa shape index (κ1) is 13.2. The van der Waals surface area contributed by atoms with Gasteiger partial charge in [0.25, 0.3) is 0 Å². The average Bonchev–Trinajstić information content (AvgIpc) is 2.39. The van der Waals surface area contributed by atoms with Crippen molar-refractivity contribution in [1.82, 2.24) is 0 Å². The second-order valence-corrected chi connectivity index (χ2v) is 4.81. The van der Waals surface area contributed by atoms with Crippen LogP contribution in [0.1, 0.15) is 12.8 Å². The second-order valence-electron chi connectivity index (χ2n) is 4.81. The Balaban J connectivity index is 2.09. The minimum Gasteiger partial charge on any atom is -0.369 e. The molecule has 2 nitrogen and oxygen atoms in total. The van der Waals surface area contributed by atoms with Gasteiger partial charge >= 0.3 is 0 Å². The molecule has 0 amide bonds. The van der Waals surface area contributed by atoms with Crippen LogP contribution in [0.4, 0.5) is 18.9 Å². The summed E-state index contributed by atoms with van der Waals surface area (Å²) in [4.78, 5) is 1.81. The Morgan fingerprint density at radius 1 is 1.22 bits per heavy atom. The van der Waals surface area contributed by atoms with Crippen molar-refractivity contribution in [3.05, 3.63) is 30.1 Å². The molecule has 1 aromatic rings. The van der Waals surface area contributed by atoms with Crippen molar-refractivity contribution in [2.45, 2.75) is 19.3 Å². The Hall–Kier alpha value is -1.23. The number of nitrogens with two attached hydrogens (primary N) is 1. The lowest BCUT2D eigenvalue weighted by Crippen LogP contribution is -2.48. The maximum absolute atomic E-state index is 13.6. The molecule has 1 aromatic carbocycles. The molecule has 2 N–H and O–H groups in total. The van der Waals surface area contributed by atoms with E-state index in [9.17, 15) is 13.2 Å². The molecular formula is C13H17F3N2. The summed E-state index contributed by atoms with van der Waals surface area (Å²) in [6.45, 7) is 0.820. The van der Waals surface area contributed by atoms with Crippen LogP contribution in [-0.4, -0.2) is 26.1 Å².